The van der Waals surface area contributed by atoms with E-state index in [2.05, 4.69) is 36.1 Å². The van der Waals surface area contributed by atoms with Crippen LogP contribution in [0.2, 0.25) is 0 Å². The lowest BCUT2D eigenvalue weighted by atomic mass is 9.90. The van der Waals surface area contributed by atoms with Gasteiger partial charge < -0.3 is 9.88 Å². The van der Waals surface area contributed by atoms with E-state index in [1.807, 2.05) is 0 Å². The molecule has 16 heavy (non-hydrogen) atoms. The van der Waals surface area contributed by atoms with Gasteiger partial charge in [0.2, 0.25) is 0 Å². The summed E-state index contributed by atoms with van der Waals surface area (Å²) in [6, 6.07) is 0.781. The summed E-state index contributed by atoms with van der Waals surface area (Å²) in [7, 11) is 0. The number of fused-ring (bicyclic) bond motifs is 1. The smallest absolute Gasteiger partial charge is 0.0139 e. The van der Waals surface area contributed by atoms with Crippen LogP contribution in [0.1, 0.15) is 44.2 Å². The SMILES string of the molecule is CCCN(CCC)C1CCc2c[nH]cc2C1. The van der Waals surface area contributed by atoms with E-state index in [0.29, 0.717) is 0 Å². The Kier molecular flexibility index (Phi) is 4.05. The topological polar surface area (TPSA) is 19.0 Å². The van der Waals surface area contributed by atoms with Crippen molar-refractivity contribution < 1.29 is 0 Å². The number of nitrogens with one attached hydrogen (secondary N) is 1. The third kappa shape index (κ3) is 2.49. The number of aryl methyl sites for hydroxylation is 1. The van der Waals surface area contributed by atoms with Gasteiger partial charge in [-0.1, -0.05) is 13.8 Å². The van der Waals surface area contributed by atoms with Crippen molar-refractivity contribution in [3.8, 4) is 0 Å². The molecule has 1 aromatic heterocycles. The second kappa shape index (κ2) is 5.53. The van der Waals surface area contributed by atoms with Gasteiger partial charge in [0, 0.05) is 18.4 Å². The lowest BCUT2D eigenvalue weighted by Gasteiger charge is -2.34. The zero-order valence-electron chi connectivity index (χ0n) is 10.6. The molecule has 1 aliphatic rings. The number of hydrogen-bond donors (Lipinski definition) is 1. The summed E-state index contributed by atoms with van der Waals surface area (Å²) in [6.07, 6.45) is 10.8. The van der Waals surface area contributed by atoms with Crippen LogP contribution in [0.3, 0.4) is 0 Å². The number of H-pyrrole nitrogens is 1. The highest BCUT2D eigenvalue weighted by molar-refractivity contribution is 5.27. The molecular formula is C14H24N2. The molecule has 90 valence electrons. The quantitative estimate of drug-likeness (QED) is 0.808. The molecule has 0 bridgehead atoms. The van der Waals surface area contributed by atoms with Gasteiger partial charge in [-0.05, 0) is 56.3 Å². The van der Waals surface area contributed by atoms with E-state index >= 15 is 0 Å². The lowest BCUT2D eigenvalue weighted by Crippen LogP contribution is -2.40. The third-order valence-corrected chi connectivity index (χ3v) is 3.67. The van der Waals surface area contributed by atoms with E-state index in [1.54, 1.807) is 11.1 Å². The number of hydrogen-bond acceptors (Lipinski definition) is 1. The molecule has 0 fully saturated rings. The predicted octanol–water partition coefficient (Wildman–Crippen LogP) is 2.99. The van der Waals surface area contributed by atoms with Crippen LogP contribution in [-0.2, 0) is 12.8 Å². The van der Waals surface area contributed by atoms with Gasteiger partial charge >= 0.3 is 0 Å². The number of aromatic amines is 1. The van der Waals surface area contributed by atoms with Gasteiger partial charge in [0.25, 0.3) is 0 Å². The molecule has 0 aromatic carbocycles. The molecule has 0 spiro atoms. The zero-order valence-corrected chi connectivity index (χ0v) is 10.6. The van der Waals surface area contributed by atoms with Crippen molar-refractivity contribution in [1.82, 2.24) is 9.88 Å². The Bertz CT molecular complexity index is 310. The Morgan fingerprint density at radius 3 is 2.56 bits per heavy atom. The molecule has 1 heterocycles. The van der Waals surface area contributed by atoms with Gasteiger partial charge in [0.1, 0.15) is 0 Å². The van der Waals surface area contributed by atoms with E-state index in [0.717, 1.165) is 6.04 Å². The number of rotatable bonds is 5. The van der Waals surface area contributed by atoms with Crippen molar-refractivity contribution in [3.63, 3.8) is 0 Å². The summed E-state index contributed by atoms with van der Waals surface area (Å²) >= 11 is 0. The minimum absolute atomic E-state index is 0.781. The van der Waals surface area contributed by atoms with Crippen molar-refractivity contribution in [3.05, 3.63) is 23.5 Å². The number of aromatic nitrogens is 1. The van der Waals surface area contributed by atoms with E-state index < -0.39 is 0 Å². The summed E-state index contributed by atoms with van der Waals surface area (Å²) in [6.45, 7) is 7.09. The molecule has 0 saturated heterocycles. The first-order chi connectivity index (χ1) is 7.85. The van der Waals surface area contributed by atoms with Crippen LogP contribution < -0.4 is 0 Å². The van der Waals surface area contributed by atoms with E-state index in [4.69, 9.17) is 0 Å². The lowest BCUT2D eigenvalue weighted by molar-refractivity contribution is 0.180. The van der Waals surface area contributed by atoms with Gasteiger partial charge in [-0.3, -0.25) is 0 Å². The first-order valence-electron chi connectivity index (χ1n) is 6.73. The van der Waals surface area contributed by atoms with Crippen molar-refractivity contribution in [2.24, 2.45) is 0 Å². The monoisotopic (exact) mass is 220 g/mol. The molecule has 2 rings (SSSR count). The molecule has 1 aromatic rings. The average molecular weight is 220 g/mol. The summed E-state index contributed by atoms with van der Waals surface area (Å²) < 4.78 is 0. The third-order valence-electron chi connectivity index (χ3n) is 3.67. The molecule has 0 amide bonds. The molecule has 2 heteroatoms. The van der Waals surface area contributed by atoms with Crippen LogP contribution in [0.25, 0.3) is 0 Å². The van der Waals surface area contributed by atoms with Crippen LogP contribution in [0.15, 0.2) is 12.4 Å². The van der Waals surface area contributed by atoms with Crippen molar-refractivity contribution >= 4 is 0 Å². The normalized spacial score (nSPS) is 20.1. The molecule has 0 aliphatic heterocycles. The van der Waals surface area contributed by atoms with Crippen LogP contribution in [-0.4, -0.2) is 29.0 Å². The first-order valence-corrected chi connectivity index (χ1v) is 6.73. The summed E-state index contributed by atoms with van der Waals surface area (Å²) in [5.74, 6) is 0. The second-order valence-electron chi connectivity index (χ2n) is 4.94. The van der Waals surface area contributed by atoms with Gasteiger partial charge in [0.15, 0.2) is 0 Å². The Morgan fingerprint density at radius 2 is 1.88 bits per heavy atom. The molecule has 1 N–H and O–H groups in total. The molecule has 0 radical (unpaired) electrons. The molecular weight excluding hydrogens is 196 g/mol. The molecule has 2 nitrogen and oxygen atoms in total. The van der Waals surface area contributed by atoms with E-state index in [-0.39, 0.29) is 0 Å². The maximum atomic E-state index is 3.25. The van der Waals surface area contributed by atoms with Gasteiger partial charge in [-0.2, -0.15) is 0 Å². The molecule has 0 saturated carbocycles. The van der Waals surface area contributed by atoms with Crippen molar-refractivity contribution in [2.75, 3.05) is 13.1 Å². The van der Waals surface area contributed by atoms with Crippen molar-refractivity contribution in [1.29, 1.82) is 0 Å². The summed E-state index contributed by atoms with van der Waals surface area (Å²) in [5.41, 5.74) is 3.10. The average Bonchev–Trinajstić information content (AvgIpc) is 2.75. The largest absolute Gasteiger partial charge is 0.367 e. The second-order valence-corrected chi connectivity index (χ2v) is 4.94. The Labute approximate surface area is 99.0 Å². The predicted molar refractivity (Wildman–Crippen MR) is 68.8 cm³/mol. The van der Waals surface area contributed by atoms with Crippen LogP contribution in [0.4, 0.5) is 0 Å². The Balaban J connectivity index is 2.00. The maximum Gasteiger partial charge on any atom is 0.0139 e. The maximum absolute atomic E-state index is 3.25. The van der Waals surface area contributed by atoms with Crippen LogP contribution in [0.5, 0.6) is 0 Å². The summed E-state index contributed by atoms with van der Waals surface area (Å²) in [5, 5.41) is 0. The van der Waals surface area contributed by atoms with E-state index in [9.17, 15) is 0 Å². The minimum Gasteiger partial charge on any atom is -0.367 e. The van der Waals surface area contributed by atoms with Crippen molar-refractivity contribution in [2.45, 2.75) is 52.0 Å². The molecule has 1 aliphatic carbocycles. The fourth-order valence-corrected chi connectivity index (χ4v) is 2.89. The van der Waals surface area contributed by atoms with Gasteiger partial charge in [-0.25, -0.2) is 0 Å². The highest BCUT2D eigenvalue weighted by Crippen LogP contribution is 2.24. The number of nitrogens with zero attached hydrogens (tertiary/aromatic N) is 1. The zero-order chi connectivity index (χ0) is 11.4. The van der Waals surface area contributed by atoms with Gasteiger partial charge in [-0.15, -0.1) is 0 Å². The highest BCUT2D eigenvalue weighted by Gasteiger charge is 2.23. The Morgan fingerprint density at radius 1 is 1.19 bits per heavy atom. The molecule has 1 atom stereocenters. The molecule has 1 unspecified atom stereocenters. The summed E-state index contributed by atoms with van der Waals surface area (Å²) in [4.78, 5) is 5.94. The van der Waals surface area contributed by atoms with Crippen LogP contribution in [0, 0.1) is 0 Å². The van der Waals surface area contributed by atoms with Crippen LogP contribution >= 0.6 is 0 Å². The standard InChI is InChI=1S/C14H24N2/c1-3-7-16(8-4-2)14-6-5-12-10-15-11-13(12)9-14/h10-11,14-15H,3-9H2,1-2H3. The minimum atomic E-state index is 0.781. The highest BCUT2D eigenvalue weighted by atomic mass is 15.1. The fourth-order valence-electron chi connectivity index (χ4n) is 2.89. The van der Waals surface area contributed by atoms with Gasteiger partial charge in [0.05, 0.1) is 0 Å². The first kappa shape index (κ1) is 11.7. The van der Waals surface area contributed by atoms with E-state index in [1.165, 1.54) is 45.2 Å². The Hall–Kier alpha value is -0.760. The fraction of sp³-hybridized carbons (Fsp3) is 0.714.